The summed E-state index contributed by atoms with van der Waals surface area (Å²) in [4.78, 5) is 33.6. The molecule has 0 aliphatic carbocycles. The number of hydrogen-bond acceptors (Lipinski definition) is 4. The van der Waals surface area contributed by atoms with E-state index >= 15 is 0 Å². The summed E-state index contributed by atoms with van der Waals surface area (Å²) in [5.41, 5.74) is 6.60. The van der Waals surface area contributed by atoms with Crippen LogP contribution in [0.4, 0.5) is 5.69 Å². The van der Waals surface area contributed by atoms with Crippen molar-refractivity contribution in [2.75, 3.05) is 50.7 Å². The van der Waals surface area contributed by atoms with E-state index in [4.69, 9.17) is 0 Å². The minimum Gasteiger partial charge on any atom is -0.368 e. The molecule has 0 atom stereocenters. The van der Waals surface area contributed by atoms with Crippen LogP contribution in [-0.4, -0.2) is 67.4 Å². The van der Waals surface area contributed by atoms with Gasteiger partial charge in [-0.3, -0.25) is 19.4 Å². The summed E-state index contributed by atoms with van der Waals surface area (Å²) < 4.78 is 0. The Balaban J connectivity index is 1.41. The molecular weight excluding hydrogens is 484 g/mol. The molecule has 198 valence electrons. The van der Waals surface area contributed by atoms with Gasteiger partial charge in [0.2, 0.25) is 0 Å². The zero-order valence-corrected chi connectivity index (χ0v) is 22.6. The number of fused-ring (bicyclic) bond motifs is 2. The second kappa shape index (κ2) is 9.47. The van der Waals surface area contributed by atoms with E-state index < -0.39 is 0 Å². The summed E-state index contributed by atoms with van der Waals surface area (Å²) in [7, 11) is 0. The van der Waals surface area contributed by atoms with E-state index in [0.29, 0.717) is 17.7 Å². The zero-order valence-electron chi connectivity index (χ0n) is 22.6. The molecular formula is C33H35N4O2+. The van der Waals surface area contributed by atoms with Gasteiger partial charge in [0.15, 0.2) is 0 Å². The fraction of sp³-hybridized carbons (Fsp3) is 0.333. The van der Waals surface area contributed by atoms with Gasteiger partial charge in [0.25, 0.3) is 11.8 Å². The van der Waals surface area contributed by atoms with Gasteiger partial charge in [0.05, 0.1) is 6.54 Å². The second-order valence-electron chi connectivity index (χ2n) is 11.1. The van der Waals surface area contributed by atoms with Crippen molar-refractivity contribution in [3.05, 3.63) is 65.7 Å². The molecule has 1 saturated heterocycles. The number of amides is 2. The number of benzene rings is 5. The number of quaternary nitrogens is 1. The van der Waals surface area contributed by atoms with E-state index in [1.54, 1.807) is 0 Å². The molecule has 0 aromatic heterocycles. The molecule has 2 aliphatic rings. The Labute approximate surface area is 228 Å². The Morgan fingerprint density at radius 2 is 1.28 bits per heavy atom. The lowest BCUT2D eigenvalue weighted by Crippen LogP contribution is -2.57. The number of carbonyl (C=O) groups excluding carboxylic acids is 2. The van der Waals surface area contributed by atoms with Gasteiger partial charge in [-0.2, -0.15) is 0 Å². The fourth-order valence-corrected chi connectivity index (χ4v) is 6.96. The molecule has 2 amide bonds. The summed E-state index contributed by atoms with van der Waals surface area (Å²) in [6.45, 7) is 8.75. The van der Waals surface area contributed by atoms with E-state index in [1.807, 2.05) is 12.1 Å². The highest BCUT2D eigenvalue weighted by Gasteiger charge is 2.34. The Hall–Kier alpha value is -3.74. The molecule has 6 nitrogen and oxygen atoms in total. The van der Waals surface area contributed by atoms with Gasteiger partial charge >= 0.3 is 0 Å². The monoisotopic (exact) mass is 519 g/mol. The van der Waals surface area contributed by atoms with Crippen LogP contribution in [0.25, 0.3) is 43.1 Å². The van der Waals surface area contributed by atoms with E-state index in [-0.39, 0.29) is 11.8 Å². The van der Waals surface area contributed by atoms with Gasteiger partial charge in [0.1, 0.15) is 0 Å². The van der Waals surface area contributed by atoms with Crippen LogP contribution in [0.1, 0.15) is 46.9 Å². The number of nitrogens with zero attached hydrogens (tertiary/aromatic N) is 3. The van der Waals surface area contributed by atoms with Crippen LogP contribution >= 0.6 is 0 Å². The lowest BCUT2D eigenvalue weighted by molar-refractivity contribution is -0.368. The number of carbonyl (C=O) groups is 2. The standard InChI is InChI=1S/C33H34N4O2/c1-2-3-4-15-37-32(38)26-10-8-23-21-6-5-7-25-28(36-19-17-35(16-14-34)18-20-36)13-12-22(29(21)25)24-9-11-27(33(37)39)31(26)30(23)24/h5-13H,2-4,14-20,34H2,1H3/p+1. The first kappa shape index (κ1) is 24.3. The van der Waals surface area contributed by atoms with Gasteiger partial charge in [-0.25, -0.2) is 0 Å². The lowest BCUT2D eigenvalue weighted by Gasteiger charge is -2.36. The molecule has 39 heavy (non-hydrogen) atoms. The molecule has 5 aromatic carbocycles. The van der Waals surface area contributed by atoms with E-state index in [9.17, 15) is 9.59 Å². The number of anilines is 1. The maximum absolute atomic E-state index is 13.5. The summed E-state index contributed by atoms with van der Waals surface area (Å²) in [5.74, 6) is -0.325. The average Bonchev–Trinajstić information content (AvgIpc) is 2.97. The summed E-state index contributed by atoms with van der Waals surface area (Å²) >= 11 is 0. The minimum absolute atomic E-state index is 0.162. The van der Waals surface area contributed by atoms with Crippen LogP contribution < -0.4 is 10.6 Å². The highest BCUT2D eigenvalue weighted by molar-refractivity contribution is 6.38. The second-order valence-corrected chi connectivity index (χ2v) is 11.1. The van der Waals surface area contributed by atoms with Crippen molar-refractivity contribution in [3.63, 3.8) is 0 Å². The smallest absolute Gasteiger partial charge is 0.261 e. The molecule has 0 spiro atoms. The molecule has 7 rings (SSSR count). The van der Waals surface area contributed by atoms with Gasteiger partial charge in [-0.1, -0.05) is 56.2 Å². The molecule has 0 saturated carbocycles. The Bertz CT molecular complexity index is 1680. The van der Waals surface area contributed by atoms with E-state index in [2.05, 4.69) is 64.9 Å². The van der Waals surface area contributed by atoms with Crippen molar-refractivity contribution in [3.8, 4) is 0 Å². The van der Waals surface area contributed by atoms with Gasteiger partial charge < -0.3 is 10.6 Å². The van der Waals surface area contributed by atoms with Crippen molar-refractivity contribution >= 4 is 60.6 Å². The number of rotatable bonds is 7. The first-order chi connectivity index (χ1) is 19.1. The maximum Gasteiger partial charge on any atom is 0.261 e. The normalized spacial score (nSPS) is 16.6. The Kier molecular flexibility index (Phi) is 5.90. The van der Waals surface area contributed by atoms with Crippen molar-refractivity contribution in [2.24, 2.45) is 0 Å². The molecule has 5 aromatic rings. The van der Waals surface area contributed by atoms with Crippen LogP contribution in [0.2, 0.25) is 0 Å². The quantitative estimate of drug-likeness (QED) is 0.144. The molecule has 6 heteroatoms. The number of hydrogen-bond donors (Lipinski definition) is 1. The van der Waals surface area contributed by atoms with Crippen molar-refractivity contribution in [1.82, 2.24) is 9.80 Å². The highest BCUT2D eigenvalue weighted by atomic mass is 16.2. The molecule has 0 radical (unpaired) electrons. The van der Waals surface area contributed by atoms with Crippen molar-refractivity contribution in [2.45, 2.75) is 26.2 Å². The van der Waals surface area contributed by atoms with Gasteiger partial charge in [-0.05, 0) is 56.9 Å². The first-order valence-corrected chi connectivity index (χ1v) is 14.4. The first-order valence-electron chi connectivity index (χ1n) is 14.4. The summed E-state index contributed by atoms with van der Waals surface area (Å²) in [6, 6.07) is 19.2. The molecule has 0 bridgehead atoms. The summed E-state index contributed by atoms with van der Waals surface area (Å²) in [5, 5.41) is 8.98. The third-order valence-electron chi connectivity index (χ3n) is 8.88. The Morgan fingerprint density at radius 1 is 0.667 bits per heavy atom. The topological polar surface area (TPSA) is 71.5 Å². The average molecular weight is 520 g/mol. The number of piperazine rings is 1. The highest BCUT2D eigenvalue weighted by Crippen LogP contribution is 2.45. The van der Waals surface area contributed by atoms with Gasteiger partial charge in [0, 0.05) is 66.9 Å². The van der Waals surface area contributed by atoms with Crippen LogP contribution in [0.3, 0.4) is 0 Å². The predicted octanol–water partition coefficient (Wildman–Crippen LogP) is 4.89. The summed E-state index contributed by atoms with van der Waals surface area (Å²) in [6.07, 6.45) is 2.89. The van der Waals surface area contributed by atoms with Crippen LogP contribution in [-0.2, 0) is 0 Å². The predicted molar refractivity (Wildman–Crippen MR) is 159 cm³/mol. The lowest BCUT2D eigenvalue weighted by atomic mass is 9.84. The van der Waals surface area contributed by atoms with Crippen molar-refractivity contribution in [1.29, 1.82) is 0 Å². The molecule has 0 unspecified atom stereocenters. The van der Waals surface area contributed by atoms with Crippen LogP contribution in [0.5, 0.6) is 0 Å². The Morgan fingerprint density at radius 3 is 1.95 bits per heavy atom. The molecule has 1 fully saturated rings. The SMILES string of the molecule is CCCCCN1C(=O)c2ccc3c4cccc5c(N6CCN(CC[NH3+])CC6)ccc(c6ccc(c2c36)C1=O)c54. The van der Waals surface area contributed by atoms with Crippen LogP contribution in [0, 0.1) is 0 Å². The molecule has 3 N–H and O–H groups in total. The third kappa shape index (κ3) is 3.62. The van der Waals surface area contributed by atoms with Crippen LogP contribution in [0.15, 0.2) is 54.6 Å². The van der Waals surface area contributed by atoms with Crippen molar-refractivity contribution < 1.29 is 15.3 Å². The van der Waals surface area contributed by atoms with E-state index in [0.717, 1.165) is 80.1 Å². The largest absolute Gasteiger partial charge is 0.368 e. The fourth-order valence-electron chi connectivity index (χ4n) is 6.96. The third-order valence-corrected chi connectivity index (χ3v) is 8.88. The minimum atomic E-state index is -0.162. The number of unbranched alkanes of at least 4 members (excludes halogenated alkanes) is 2. The zero-order chi connectivity index (χ0) is 26.7. The molecule has 2 aliphatic heterocycles. The molecule has 2 heterocycles. The van der Waals surface area contributed by atoms with Gasteiger partial charge in [-0.15, -0.1) is 0 Å². The number of imide groups is 1. The maximum atomic E-state index is 13.5. The van der Waals surface area contributed by atoms with E-state index in [1.165, 1.54) is 32.1 Å².